The summed E-state index contributed by atoms with van der Waals surface area (Å²) in [5.41, 5.74) is 4.16. The average molecular weight is 725 g/mol. The Hall–Kier alpha value is -3.72. The number of Topliss-reactive ketones (excluding diaryl/α,β-unsaturated/α-hetero) is 1. The number of ketones is 1. The van der Waals surface area contributed by atoms with E-state index >= 15 is 0 Å². The molecule has 0 bridgehead atoms. The van der Waals surface area contributed by atoms with Crippen molar-refractivity contribution in [2.75, 3.05) is 20.8 Å². The first-order valence-electron chi connectivity index (χ1n) is 19.0. The van der Waals surface area contributed by atoms with E-state index in [-0.39, 0.29) is 48.1 Å². The molecule has 0 fully saturated rings. The predicted octanol–water partition coefficient (Wildman–Crippen LogP) is 9.06. The van der Waals surface area contributed by atoms with E-state index in [9.17, 15) is 19.2 Å². The summed E-state index contributed by atoms with van der Waals surface area (Å²) in [6, 6.07) is 15.0. The van der Waals surface area contributed by atoms with E-state index in [4.69, 9.17) is 14.2 Å². The van der Waals surface area contributed by atoms with Crippen LogP contribution < -0.4 is 5.32 Å². The van der Waals surface area contributed by atoms with Gasteiger partial charge in [0.2, 0.25) is 5.91 Å². The molecule has 2 aromatic rings. The van der Waals surface area contributed by atoms with Gasteiger partial charge in [-0.25, -0.2) is 4.79 Å². The van der Waals surface area contributed by atoms with E-state index in [1.807, 2.05) is 86.6 Å². The summed E-state index contributed by atoms with van der Waals surface area (Å²) in [7, 11) is 3.23. The highest BCUT2D eigenvalue weighted by atomic mass is 16.6. The molecule has 0 saturated carbocycles. The molecule has 52 heavy (non-hydrogen) atoms. The standard InChI is InChI=1S/C27H34N2O4.C14H28O3.C2H6/c1-16(2)24(18(5)30)28-26(31)25(17(3)4)29(6)27(32)33-15-23-21-13-9-7-11-19(21)20-12-8-10-14-22(20)23;1-8-10(2)11(3)12(16-7)9-13(15)17-14(4,5)6;1-2/h7-14,16-17,23-25H,15H2,1-6H3,(H,28,31);10-12H,8-9H2,1-7H3;1-2H3/t24-,25?;10-,11-,12+;/m00./s1. The minimum atomic E-state index is -0.749. The van der Waals surface area contributed by atoms with E-state index < -0.39 is 23.8 Å². The molecule has 3 rings (SSSR count). The maximum absolute atomic E-state index is 13.0. The fraction of sp³-hybridized carbons (Fsp3) is 0.628. The van der Waals surface area contributed by atoms with Crippen molar-refractivity contribution in [1.82, 2.24) is 10.2 Å². The first-order valence-corrected chi connectivity index (χ1v) is 19.0. The summed E-state index contributed by atoms with van der Waals surface area (Å²) < 4.78 is 16.5. The lowest BCUT2D eigenvalue weighted by Crippen LogP contribution is -2.55. The van der Waals surface area contributed by atoms with Gasteiger partial charge in [-0.05, 0) is 73.6 Å². The van der Waals surface area contributed by atoms with Gasteiger partial charge in [0.15, 0.2) is 5.78 Å². The largest absolute Gasteiger partial charge is 0.460 e. The number of likely N-dealkylation sites (N-methyl/N-ethyl adjacent to an activating group) is 1. The monoisotopic (exact) mass is 725 g/mol. The number of carbonyl (C=O) groups excluding carboxylic acids is 4. The number of methoxy groups -OCH3 is 1. The van der Waals surface area contributed by atoms with Crippen molar-refractivity contribution in [3.8, 4) is 11.1 Å². The van der Waals surface area contributed by atoms with E-state index in [1.54, 1.807) is 14.2 Å². The minimum absolute atomic E-state index is 0.0426. The Balaban J connectivity index is 0.000000603. The van der Waals surface area contributed by atoms with Crippen molar-refractivity contribution < 1.29 is 33.4 Å². The van der Waals surface area contributed by atoms with Crippen LogP contribution in [0, 0.1) is 23.7 Å². The number of carbonyl (C=O) groups is 4. The van der Waals surface area contributed by atoms with Crippen molar-refractivity contribution >= 4 is 23.8 Å². The van der Waals surface area contributed by atoms with E-state index in [2.05, 4.69) is 50.4 Å². The van der Waals surface area contributed by atoms with Crippen molar-refractivity contribution in [3.63, 3.8) is 0 Å². The molecule has 5 atom stereocenters. The molecule has 0 aliphatic heterocycles. The summed E-state index contributed by atoms with van der Waals surface area (Å²) >= 11 is 0. The van der Waals surface area contributed by atoms with Gasteiger partial charge < -0.3 is 19.5 Å². The number of esters is 1. The van der Waals surface area contributed by atoms with Crippen molar-refractivity contribution in [2.45, 2.75) is 133 Å². The van der Waals surface area contributed by atoms with E-state index in [0.29, 0.717) is 18.3 Å². The number of nitrogens with one attached hydrogen (secondary N) is 1. The summed E-state index contributed by atoms with van der Waals surface area (Å²) in [5, 5.41) is 2.82. The number of hydrogen-bond acceptors (Lipinski definition) is 7. The lowest BCUT2D eigenvalue weighted by atomic mass is 9.87. The highest BCUT2D eigenvalue weighted by molar-refractivity contribution is 5.91. The number of amides is 2. The molecule has 2 aromatic carbocycles. The summed E-state index contributed by atoms with van der Waals surface area (Å²) in [6.07, 6.45) is 0.809. The second-order valence-corrected chi connectivity index (χ2v) is 15.3. The molecular formula is C43H68N2O7. The zero-order chi connectivity index (χ0) is 39.9. The molecule has 9 heteroatoms. The molecular weight excluding hydrogens is 656 g/mol. The molecule has 1 N–H and O–H groups in total. The zero-order valence-electron chi connectivity index (χ0n) is 34.7. The third-order valence-electron chi connectivity index (χ3n) is 9.56. The number of ether oxygens (including phenoxy) is 3. The van der Waals surface area contributed by atoms with Crippen LogP contribution in [0.25, 0.3) is 11.1 Å². The molecule has 9 nitrogen and oxygen atoms in total. The third kappa shape index (κ3) is 13.4. The highest BCUT2D eigenvalue weighted by Crippen LogP contribution is 2.44. The smallest absolute Gasteiger partial charge is 0.410 e. The first kappa shape index (κ1) is 46.3. The molecule has 0 spiro atoms. The van der Waals surface area contributed by atoms with Crippen LogP contribution in [-0.4, -0.2) is 73.2 Å². The molecule has 1 unspecified atom stereocenters. The lowest BCUT2D eigenvalue weighted by molar-refractivity contribution is -0.158. The first-order chi connectivity index (χ1) is 24.3. The molecule has 2 amide bonds. The Kier molecular flexibility index (Phi) is 19.3. The van der Waals surface area contributed by atoms with Crippen LogP contribution in [0.5, 0.6) is 0 Å². The van der Waals surface area contributed by atoms with Gasteiger partial charge in [-0.15, -0.1) is 0 Å². The van der Waals surface area contributed by atoms with Gasteiger partial charge in [0.1, 0.15) is 18.2 Å². The molecule has 0 aromatic heterocycles. The normalized spacial score (nSPS) is 14.9. The van der Waals surface area contributed by atoms with Crippen LogP contribution in [0.3, 0.4) is 0 Å². The average Bonchev–Trinajstić information content (AvgIpc) is 3.41. The van der Waals surface area contributed by atoms with Gasteiger partial charge in [0, 0.05) is 20.1 Å². The quantitative estimate of drug-likeness (QED) is 0.194. The Morgan fingerprint density at radius 2 is 1.35 bits per heavy atom. The van der Waals surface area contributed by atoms with Crippen LogP contribution in [-0.2, 0) is 28.6 Å². The molecule has 0 saturated heterocycles. The van der Waals surface area contributed by atoms with Crippen molar-refractivity contribution in [1.29, 1.82) is 0 Å². The van der Waals surface area contributed by atoms with Gasteiger partial charge in [0.05, 0.1) is 18.6 Å². The van der Waals surface area contributed by atoms with Gasteiger partial charge >= 0.3 is 12.1 Å². The Labute approximate surface area is 314 Å². The Morgan fingerprint density at radius 1 is 0.846 bits per heavy atom. The maximum Gasteiger partial charge on any atom is 0.410 e. The van der Waals surface area contributed by atoms with Crippen LogP contribution in [0.2, 0.25) is 0 Å². The molecule has 0 heterocycles. The number of hydrogen-bond donors (Lipinski definition) is 1. The highest BCUT2D eigenvalue weighted by Gasteiger charge is 2.35. The topological polar surface area (TPSA) is 111 Å². The number of fused-ring (bicyclic) bond motifs is 3. The van der Waals surface area contributed by atoms with Crippen LogP contribution in [0.15, 0.2) is 48.5 Å². The molecule has 292 valence electrons. The summed E-state index contributed by atoms with van der Waals surface area (Å²) in [6.45, 7) is 25.3. The minimum Gasteiger partial charge on any atom is -0.460 e. The SMILES string of the molecule is CC.CC(=O)[C@@H](NC(=O)C(C(C)C)N(C)C(=O)OCC1c2ccccc2-c2ccccc21)C(C)C.CC[C@H](C)[C@H](C)[C@@H](CC(=O)OC(C)(C)C)OC. The van der Waals surface area contributed by atoms with Crippen molar-refractivity contribution in [3.05, 3.63) is 59.7 Å². The van der Waals surface area contributed by atoms with Crippen LogP contribution in [0.1, 0.15) is 120 Å². The fourth-order valence-corrected chi connectivity index (χ4v) is 6.48. The second kappa shape index (κ2) is 21.7. The van der Waals surface area contributed by atoms with Crippen LogP contribution in [0.4, 0.5) is 4.79 Å². The van der Waals surface area contributed by atoms with Gasteiger partial charge in [-0.2, -0.15) is 0 Å². The Bertz CT molecular complexity index is 1390. The second-order valence-electron chi connectivity index (χ2n) is 15.3. The van der Waals surface area contributed by atoms with E-state index in [1.165, 1.54) is 11.8 Å². The number of benzene rings is 2. The van der Waals surface area contributed by atoms with Gasteiger partial charge in [-0.3, -0.25) is 19.3 Å². The maximum atomic E-state index is 13.0. The predicted molar refractivity (Wildman–Crippen MR) is 210 cm³/mol. The van der Waals surface area contributed by atoms with Crippen LogP contribution >= 0.6 is 0 Å². The fourth-order valence-electron chi connectivity index (χ4n) is 6.48. The molecule has 1 aliphatic carbocycles. The third-order valence-corrected chi connectivity index (χ3v) is 9.56. The van der Waals surface area contributed by atoms with E-state index in [0.717, 1.165) is 28.7 Å². The molecule has 0 radical (unpaired) electrons. The number of rotatable bonds is 14. The Morgan fingerprint density at radius 3 is 1.75 bits per heavy atom. The summed E-state index contributed by atoms with van der Waals surface area (Å²) in [5.74, 6) is 0.0114. The zero-order valence-corrected chi connectivity index (χ0v) is 34.7. The number of nitrogens with zero attached hydrogens (tertiary/aromatic N) is 1. The summed E-state index contributed by atoms with van der Waals surface area (Å²) in [4.78, 5) is 51.0. The van der Waals surface area contributed by atoms with Gasteiger partial charge in [0.25, 0.3) is 0 Å². The lowest BCUT2D eigenvalue weighted by Gasteiger charge is -2.31. The molecule has 1 aliphatic rings. The van der Waals surface area contributed by atoms with Gasteiger partial charge in [-0.1, -0.05) is 117 Å². The van der Waals surface area contributed by atoms with Crippen molar-refractivity contribution in [2.24, 2.45) is 23.7 Å².